The van der Waals surface area contributed by atoms with E-state index in [9.17, 15) is 9.59 Å². The lowest BCUT2D eigenvalue weighted by molar-refractivity contribution is -0.147. The summed E-state index contributed by atoms with van der Waals surface area (Å²) in [4.78, 5) is 25.3. The van der Waals surface area contributed by atoms with Gasteiger partial charge in [0.25, 0.3) is 5.91 Å². The van der Waals surface area contributed by atoms with Crippen molar-refractivity contribution in [2.45, 2.75) is 13.5 Å². The summed E-state index contributed by atoms with van der Waals surface area (Å²) in [6.07, 6.45) is 2.89. The van der Waals surface area contributed by atoms with Gasteiger partial charge in [-0.25, -0.2) is 4.79 Å². The Hall–Kier alpha value is -2.59. The van der Waals surface area contributed by atoms with E-state index >= 15 is 0 Å². The van der Waals surface area contributed by atoms with Crippen LogP contribution in [-0.4, -0.2) is 30.4 Å². The monoisotopic (exact) mass is 357 g/mol. The Morgan fingerprint density at radius 3 is 2.56 bits per heavy atom. The highest BCUT2D eigenvalue weighted by molar-refractivity contribution is 6.31. The fourth-order valence-electron chi connectivity index (χ4n) is 2.11. The number of ether oxygens (including phenoxy) is 1. The van der Waals surface area contributed by atoms with Gasteiger partial charge in [-0.05, 0) is 35.8 Å². The van der Waals surface area contributed by atoms with Crippen LogP contribution in [0, 0.1) is 6.92 Å². The van der Waals surface area contributed by atoms with Gasteiger partial charge in [-0.1, -0.05) is 54.1 Å². The number of aryl methyl sites for hydroxylation is 1. The summed E-state index contributed by atoms with van der Waals surface area (Å²) in [5.41, 5.74) is 2.77. The molecule has 5 heteroatoms. The van der Waals surface area contributed by atoms with Crippen molar-refractivity contribution in [3.05, 3.63) is 76.3 Å². The fourth-order valence-corrected chi connectivity index (χ4v) is 2.30. The van der Waals surface area contributed by atoms with E-state index in [1.165, 1.54) is 11.0 Å². The number of likely N-dealkylation sites (N-methyl/N-ethyl adjacent to an activating group) is 1. The van der Waals surface area contributed by atoms with Gasteiger partial charge in [0.2, 0.25) is 0 Å². The Labute approximate surface area is 152 Å². The number of benzene rings is 2. The normalized spacial score (nSPS) is 10.7. The van der Waals surface area contributed by atoms with Crippen LogP contribution < -0.4 is 0 Å². The van der Waals surface area contributed by atoms with Crippen molar-refractivity contribution >= 4 is 29.6 Å². The highest BCUT2D eigenvalue weighted by Crippen LogP contribution is 2.17. The maximum Gasteiger partial charge on any atom is 0.331 e. The van der Waals surface area contributed by atoms with E-state index in [2.05, 4.69) is 0 Å². The van der Waals surface area contributed by atoms with E-state index in [-0.39, 0.29) is 12.5 Å². The van der Waals surface area contributed by atoms with Gasteiger partial charge in [0.05, 0.1) is 0 Å². The van der Waals surface area contributed by atoms with Crippen LogP contribution in [0.4, 0.5) is 0 Å². The molecule has 2 aromatic rings. The summed E-state index contributed by atoms with van der Waals surface area (Å²) in [7, 11) is 1.67. The van der Waals surface area contributed by atoms with Gasteiger partial charge in [-0.2, -0.15) is 0 Å². The van der Waals surface area contributed by atoms with E-state index < -0.39 is 5.97 Å². The number of carbonyl (C=O) groups excluding carboxylic acids is 2. The molecule has 0 atom stereocenters. The third-order valence-corrected chi connectivity index (χ3v) is 4.04. The van der Waals surface area contributed by atoms with Gasteiger partial charge in [-0.15, -0.1) is 0 Å². The molecule has 0 unspecified atom stereocenters. The van der Waals surface area contributed by atoms with Gasteiger partial charge in [0.15, 0.2) is 6.61 Å². The van der Waals surface area contributed by atoms with Crippen LogP contribution in [0.25, 0.3) is 6.08 Å². The Bertz CT molecular complexity index is 772. The summed E-state index contributed by atoms with van der Waals surface area (Å²) in [5, 5.41) is 0.633. The standard InChI is InChI=1S/C20H20ClNO3/c1-15-8-9-16(12-18(15)21)10-11-20(24)25-14-19(23)22(2)13-17-6-4-3-5-7-17/h3-12H,13-14H2,1-2H3/b11-10+. The van der Waals surface area contributed by atoms with Gasteiger partial charge < -0.3 is 9.64 Å². The first-order valence-corrected chi connectivity index (χ1v) is 8.22. The van der Waals surface area contributed by atoms with E-state index in [0.29, 0.717) is 11.6 Å². The summed E-state index contributed by atoms with van der Waals surface area (Å²) in [5.74, 6) is -0.831. The predicted octanol–water partition coefficient (Wildman–Crippen LogP) is 3.86. The number of carbonyl (C=O) groups is 2. The van der Waals surface area contributed by atoms with Crippen LogP contribution in [0.15, 0.2) is 54.6 Å². The molecule has 25 heavy (non-hydrogen) atoms. The van der Waals surface area contributed by atoms with Crippen LogP contribution in [0.1, 0.15) is 16.7 Å². The zero-order valence-corrected chi connectivity index (χ0v) is 15.0. The largest absolute Gasteiger partial charge is 0.452 e. The van der Waals surface area contributed by atoms with E-state index in [0.717, 1.165) is 16.7 Å². The smallest absolute Gasteiger partial charge is 0.331 e. The van der Waals surface area contributed by atoms with Crippen molar-refractivity contribution in [1.82, 2.24) is 4.90 Å². The molecule has 0 N–H and O–H groups in total. The Morgan fingerprint density at radius 1 is 1.16 bits per heavy atom. The molecule has 0 spiro atoms. The first-order valence-electron chi connectivity index (χ1n) is 7.84. The van der Waals surface area contributed by atoms with E-state index in [4.69, 9.17) is 16.3 Å². The van der Waals surface area contributed by atoms with Crippen molar-refractivity contribution < 1.29 is 14.3 Å². The molecule has 1 amide bonds. The lowest BCUT2D eigenvalue weighted by Crippen LogP contribution is -2.30. The summed E-state index contributed by atoms with van der Waals surface area (Å²) < 4.78 is 4.99. The first-order chi connectivity index (χ1) is 12.0. The topological polar surface area (TPSA) is 46.6 Å². The number of hydrogen-bond donors (Lipinski definition) is 0. The molecule has 130 valence electrons. The Balaban J connectivity index is 1.81. The molecule has 0 heterocycles. The Kier molecular flexibility index (Phi) is 6.78. The fraction of sp³-hybridized carbons (Fsp3) is 0.200. The molecular formula is C20H20ClNO3. The second-order valence-electron chi connectivity index (χ2n) is 5.69. The molecule has 0 aromatic heterocycles. The minimum Gasteiger partial charge on any atom is -0.452 e. The average molecular weight is 358 g/mol. The van der Waals surface area contributed by atoms with Gasteiger partial charge >= 0.3 is 5.97 Å². The molecule has 2 rings (SSSR count). The molecule has 2 aromatic carbocycles. The number of nitrogens with zero attached hydrogens (tertiary/aromatic N) is 1. The molecule has 0 saturated heterocycles. The van der Waals surface area contributed by atoms with Crippen LogP contribution in [0.2, 0.25) is 5.02 Å². The predicted molar refractivity (Wildman–Crippen MR) is 99.1 cm³/mol. The summed E-state index contributed by atoms with van der Waals surface area (Å²) in [6, 6.07) is 15.1. The third kappa shape index (κ3) is 6.08. The van der Waals surface area contributed by atoms with Crippen LogP contribution in [-0.2, 0) is 20.9 Å². The SMILES string of the molecule is Cc1ccc(/C=C/C(=O)OCC(=O)N(C)Cc2ccccc2)cc1Cl. The molecule has 0 fully saturated rings. The van der Waals surface area contributed by atoms with Crippen LogP contribution in [0.5, 0.6) is 0 Å². The maximum atomic E-state index is 12.0. The molecule has 0 bridgehead atoms. The lowest BCUT2D eigenvalue weighted by atomic mass is 10.1. The molecule has 0 aliphatic carbocycles. The quantitative estimate of drug-likeness (QED) is 0.582. The van der Waals surface area contributed by atoms with Gasteiger partial charge in [-0.3, -0.25) is 4.79 Å². The average Bonchev–Trinajstić information content (AvgIpc) is 2.61. The highest BCUT2D eigenvalue weighted by Gasteiger charge is 2.11. The third-order valence-electron chi connectivity index (χ3n) is 3.63. The second kappa shape index (κ2) is 9.04. The first kappa shape index (κ1) is 18.7. The van der Waals surface area contributed by atoms with Crippen molar-refractivity contribution in [2.75, 3.05) is 13.7 Å². The number of esters is 1. The van der Waals surface area contributed by atoms with Crippen LogP contribution in [0.3, 0.4) is 0 Å². The van der Waals surface area contributed by atoms with Gasteiger partial charge in [0.1, 0.15) is 0 Å². The van der Waals surface area contributed by atoms with Crippen LogP contribution >= 0.6 is 11.6 Å². The summed E-state index contributed by atoms with van der Waals surface area (Å²) in [6.45, 7) is 2.08. The number of hydrogen-bond acceptors (Lipinski definition) is 3. The zero-order valence-electron chi connectivity index (χ0n) is 14.2. The Morgan fingerprint density at radius 2 is 1.88 bits per heavy atom. The molecule has 0 aliphatic rings. The summed E-state index contributed by atoms with van der Waals surface area (Å²) >= 11 is 6.03. The van der Waals surface area contributed by atoms with Crippen molar-refractivity contribution in [3.8, 4) is 0 Å². The zero-order chi connectivity index (χ0) is 18.2. The van der Waals surface area contributed by atoms with E-state index in [1.807, 2.05) is 49.4 Å². The van der Waals surface area contributed by atoms with Gasteiger partial charge in [0, 0.05) is 24.7 Å². The molecular weight excluding hydrogens is 338 g/mol. The minimum absolute atomic E-state index is 0.260. The van der Waals surface area contributed by atoms with E-state index in [1.54, 1.807) is 19.2 Å². The van der Waals surface area contributed by atoms with Crippen molar-refractivity contribution in [1.29, 1.82) is 0 Å². The molecule has 4 nitrogen and oxygen atoms in total. The van der Waals surface area contributed by atoms with Crippen molar-refractivity contribution in [3.63, 3.8) is 0 Å². The maximum absolute atomic E-state index is 12.0. The molecule has 0 saturated carbocycles. The number of rotatable bonds is 6. The number of halogens is 1. The highest BCUT2D eigenvalue weighted by atomic mass is 35.5. The molecule has 0 radical (unpaired) electrons. The van der Waals surface area contributed by atoms with Crippen molar-refractivity contribution in [2.24, 2.45) is 0 Å². The second-order valence-corrected chi connectivity index (χ2v) is 6.09. The minimum atomic E-state index is -0.571. The number of amides is 1. The lowest BCUT2D eigenvalue weighted by Gasteiger charge is -2.16. The molecule has 0 aliphatic heterocycles.